The molecular weight excluding hydrogens is 376 g/mol. The molecule has 2 rings (SSSR count). The van der Waals surface area contributed by atoms with Crippen molar-refractivity contribution in [2.75, 3.05) is 4.72 Å². The van der Waals surface area contributed by atoms with E-state index in [1.54, 1.807) is 18.2 Å². The largest absolute Gasteiger partial charge is 0.502 e. The summed E-state index contributed by atoms with van der Waals surface area (Å²) in [7, 11) is -4.00. The van der Waals surface area contributed by atoms with E-state index in [2.05, 4.69) is 20.7 Å². The monoisotopic (exact) mass is 386 g/mol. The summed E-state index contributed by atoms with van der Waals surface area (Å²) in [6.07, 6.45) is 0. The fourth-order valence-corrected chi connectivity index (χ4v) is 3.13. The Bertz CT molecular complexity index is 852. The van der Waals surface area contributed by atoms with Crippen LogP contribution in [0.2, 0.25) is 0 Å². The molecule has 0 aliphatic heterocycles. The van der Waals surface area contributed by atoms with E-state index in [1.165, 1.54) is 0 Å². The van der Waals surface area contributed by atoms with Gasteiger partial charge in [-0.15, -0.1) is 0 Å². The molecule has 0 heterocycles. The van der Waals surface area contributed by atoms with Gasteiger partial charge in [0.05, 0.1) is 9.82 Å². The van der Waals surface area contributed by atoms with E-state index in [4.69, 9.17) is 0 Å². The van der Waals surface area contributed by atoms with Gasteiger partial charge in [-0.25, -0.2) is 8.42 Å². The average molecular weight is 387 g/mol. The van der Waals surface area contributed by atoms with E-state index >= 15 is 0 Å². The van der Waals surface area contributed by atoms with Crippen molar-refractivity contribution in [3.63, 3.8) is 0 Å². The van der Waals surface area contributed by atoms with E-state index < -0.39 is 26.4 Å². The number of sulfonamides is 1. The maximum absolute atomic E-state index is 12.3. The lowest BCUT2D eigenvalue weighted by Crippen LogP contribution is -2.13. The van der Waals surface area contributed by atoms with Gasteiger partial charge in [-0.1, -0.05) is 22.0 Å². The zero-order valence-electron chi connectivity index (χ0n) is 11.3. The van der Waals surface area contributed by atoms with Crippen LogP contribution in [0.25, 0.3) is 0 Å². The molecular formula is C13H11BrN2O5S. The third kappa shape index (κ3) is 3.37. The van der Waals surface area contributed by atoms with Gasteiger partial charge in [0.2, 0.25) is 0 Å². The zero-order valence-corrected chi connectivity index (χ0v) is 13.7. The summed E-state index contributed by atoms with van der Waals surface area (Å²) in [4.78, 5) is 9.60. The van der Waals surface area contributed by atoms with Crippen molar-refractivity contribution >= 4 is 37.3 Å². The smallest absolute Gasteiger partial charge is 0.312 e. The van der Waals surface area contributed by atoms with E-state index in [-0.39, 0.29) is 4.90 Å². The molecule has 0 saturated carbocycles. The first kappa shape index (κ1) is 16.2. The number of nitrogens with zero attached hydrogens (tertiary/aromatic N) is 1. The van der Waals surface area contributed by atoms with Crippen LogP contribution in [-0.2, 0) is 10.0 Å². The molecule has 0 aromatic heterocycles. The first-order valence-electron chi connectivity index (χ1n) is 5.97. The van der Waals surface area contributed by atoms with Crippen LogP contribution in [0.15, 0.2) is 45.8 Å². The van der Waals surface area contributed by atoms with Crippen molar-refractivity contribution in [1.29, 1.82) is 0 Å². The molecule has 0 atom stereocenters. The number of aromatic hydroxyl groups is 1. The Balaban J connectivity index is 2.40. The van der Waals surface area contributed by atoms with E-state index in [9.17, 15) is 23.6 Å². The van der Waals surface area contributed by atoms with Crippen LogP contribution >= 0.6 is 15.9 Å². The Morgan fingerprint density at radius 2 is 1.91 bits per heavy atom. The van der Waals surface area contributed by atoms with Gasteiger partial charge in [-0.2, -0.15) is 0 Å². The zero-order chi connectivity index (χ0) is 16.5. The minimum absolute atomic E-state index is 0.311. The number of anilines is 1. The summed E-state index contributed by atoms with van der Waals surface area (Å²) >= 11 is 3.29. The van der Waals surface area contributed by atoms with Gasteiger partial charge in [0.1, 0.15) is 0 Å². The predicted molar refractivity (Wildman–Crippen MR) is 84.4 cm³/mol. The molecule has 0 bridgehead atoms. The summed E-state index contributed by atoms with van der Waals surface area (Å²) in [5.41, 5.74) is 0.574. The maximum atomic E-state index is 12.3. The highest BCUT2D eigenvalue weighted by atomic mass is 79.9. The van der Waals surface area contributed by atoms with Crippen LogP contribution in [0.4, 0.5) is 11.4 Å². The van der Waals surface area contributed by atoms with Crippen molar-refractivity contribution in [2.45, 2.75) is 11.8 Å². The van der Waals surface area contributed by atoms with Gasteiger partial charge in [-0.05, 0) is 36.8 Å². The van der Waals surface area contributed by atoms with Gasteiger partial charge >= 0.3 is 5.69 Å². The molecule has 0 radical (unpaired) electrons. The number of phenolic OH excluding ortho intramolecular Hbond substituents is 1. The topological polar surface area (TPSA) is 110 Å². The Kier molecular flexibility index (Phi) is 4.38. The summed E-state index contributed by atoms with van der Waals surface area (Å²) in [5, 5.41) is 20.1. The molecule has 7 nitrogen and oxygen atoms in total. The Labute approximate surface area is 134 Å². The molecule has 0 amide bonds. The standard InChI is InChI=1S/C13H11BrN2O5S/c1-8-2-3-9(6-11(8)14)15-22(20,21)10-4-5-13(17)12(7-10)16(18)19/h2-7,15,17H,1H3. The van der Waals surface area contributed by atoms with Gasteiger partial charge in [0, 0.05) is 16.2 Å². The van der Waals surface area contributed by atoms with Crippen LogP contribution in [0, 0.1) is 17.0 Å². The molecule has 0 aliphatic rings. The molecule has 0 fully saturated rings. The molecule has 2 aromatic carbocycles. The maximum Gasteiger partial charge on any atom is 0.312 e. The van der Waals surface area contributed by atoms with Gasteiger partial charge in [0.15, 0.2) is 5.75 Å². The van der Waals surface area contributed by atoms with Crippen LogP contribution in [0.5, 0.6) is 5.75 Å². The quantitative estimate of drug-likeness (QED) is 0.619. The lowest BCUT2D eigenvalue weighted by atomic mass is 10.2. The predicted octanol–water partition coefficient (Wildman–Crippen LogP) is 3.17. The molecule has 0 aliphatic carbocycles. The van der Waals surface area contributed by atoms with Crippen LogP contribution in [0.1, 0.15) is 5.56 Å². The number of hydrogen-bond donors (Lipinski definition) is 2. The van der Waals surface area contributed by atoms with Crippen molar-refractivity contribution in [3.8, 4) is 5.75 Å². The highest BCUT2D eigenvalue weighted by molar-refractivity contribution is 9.10. The van der Waals surface area contributed by atoms with Crippen LogP contribution in [0.3, 0.4) is 0 Å². The molecule has 2 aromatic rings. The molecule has 9 heteroatoms. The second-order valence-corrected chi connectivity index (χ2v) is 7.01. The van der Waals surface area contributed by atoms with E-state index in [0.717, 1.165) is 28.2 Å². The molecule has 0 saturated heterocycles. The van der Waals surface area contributed by atoms with Crippen molar-refractivity contribution in [2.24, 2.45) is 0 Å². The minimum atomic E-state index is -4.00. The highest BCUT2D eigenvalue weighted by Gasteiger charge is 2.21. The van der Waals surface area contributed by atoms with Gasteiger partial charge in [-0.3, -0.25) is 14.8 Å². The number of rotatable bonds is 4. The summed E-state index contributed by atoms with van der Waals surface area (Å²) < 4.78 is 27.6. The summed E-state index contributed by atoms with van der Waals surface area (Å²) in [6, 6.07) is 7.75. The lowest BCUT2D eigenvalue weighted by Gasteiger charge is -2.09. The van der Waals surface area contributed by atoms with Crippen molar-refractivity contribution in [1.82, 2.24) is 0 Å². The Morgan fingerprint density at radius 1 is 1.23 bits per heavy atom. The molecule has 0 unspecified atom stereocenters. The average Bonchev–Trinajstić information content (AvgIpc) is 2.42. The Hall–Kier alpha value is -2.13. The number of nitro groups is 1. The summed E-state index contributed by atoms with van der Waals surface area (Å²) in [5.74, 6) is -0.595. The van der Waals surface area contributed by atoms with E-state index in [0.29, 0.717) is 5.69 Å². The van der Waals surface area contributed by atoms with Crippen molar-refractivity contribution < 1.29 is 18.4 Å². The first-order valence-corrected chi connectivity index (χ1v) is 8.25. The number of halogens is 1. The third-order valence-corrected chi connectivity index (χ3v) is 5.11. The van der Waals surface area contributed by atoms with Gasteiger partial charge < -0.3 is 5.11 Å². The molecule has 0 spiro atoms. The number of benzene rings is 2. The SMILES string of the molecule is Cc1ccc(NS(=O)(=O)c2ccc(O)c([N+](=O)[O-])c2)cc1Br. The summed E-state index contributed by atoms with van der Waals surface area (Å²) in [6.45, 7) is 1.85. The molecule has 116 valence electrons. The van der Waals surface area contributed by atoms with E-state index in [1.807, 2.05) is 6.92 Å². The normalized spacial score (nSPS) is 11.2. The second-order valence-electron chi connectivity index (χ2n) is 4.48. The van der Waals surface area contributed by atoms with Crippen LogP contribution < -0.4 is 4.72 Å². The molecule has 22 heavy (non-hydrogen) atoms. The Morgan fingerprint density at radius 3 is 2.50 bits per heavy atom. The number of aryl methyl sites for hydroxylation is 1. The fourth-order valence-electron chi connectivity index (χ4n) is 1.69. The number of nitrogens with one attached hydrogen (secondary N) is 1. The number of nitro benzene ring substituents is 1. The first-order chi connectivity index (χ1) is 10.2. The number of phenols is 1. The molecule has 2 N–H and O–H groups in total. The fraction of sp³-hybridized carbons (Fsp3) is 0.0769. The third-order valence-electron chi connectivity index (χ3n) is 2.88. The van der Waals surface area contributed by atoms with Gasteiger partial charge in [0.25, 0.3) is 10.0 Å². The number of hydrogen-bond acceptors (Lipinski definition) is 5. The van der Waals surface area contributed by atoms with Crippen molar-refractivity contribution in [3.05, 3.63) is 56.5 Å². The van der Waals surface area contributed by atoms with Crippen LogP contribution in [-0.4, -0.2) is 18.4 Å². The second kappa shape index (κ2) is 5.93. The highest BCUT2D eigenvalue weighted by Crippen LogP contribution is 2.29. The lowest BCUT2D eigenvalue weighted by molar-refractivity contribution is -0.386. The minimum Gasteiger partial charge on any atom is -0.502 e.